The first-order valence-electron chi connectivity index (χ1n) is 7.36. The standard InChI is InChI=1S/C18H14N4O/c23-18-14-8-4-10-19-16(14)22(12-13-6-2-1-3-7-13)17-15(21-18)9-5-11-20-17/h1-11H,12H2,(H,21,23). The molecule has 0 bridgehead atoms. The van der Waals surface area contributed by atoms with E-state index in [1.54, 1.807) is 24.5 Å². The maximum atomic E-state index is 12.5. The van der Waals surface area contributed by atoms with Crippen LogP contribution < -0.4 is 10.2 Å². The quantitative estimate of drug-likeness (QED) is 0.788. The fourth-order valence-corrected chi connectivity index (χ4v) is 2.70. The van der Waals surface area contributed by atoms with Crippen molar-refractivity contribution in [1.82, 2.24) is 9.97 Å². The Labute approximate surface area is 133 Å². The van der Waals surface area contributed by atoms with Gasteiger partial charge in [0.1, 0.15) is 5.82 Å². The second-order valence-corrected chi connectivity index (χ2v) is 5.28. The van der Waals surface area contributed by atoms with Crippen LogP contribution in [0.1, 0.15) is 15.9 Å². The Balaban J connectivity index is 1.89. The van der Waals surface area contributed by atoms with Gasteiger partial charge in [0, 0.05) is 12.4 Å². The molecule has 0 aliphatic carbocycles. The third-order valence-electron chi connectivity index (χ3n) is 3.76. The number of benzene rings is 1. The van der Waals surface area contributed by atoms with E-state index in [0.29, 0.717) is 29.4 Å². The molecule has 112 valence electrons. The maximum Gasteiger partial charge on any atom is 0.259 e. The van der Waals surface area contributed by atoms with E-state index in [0.717, 1.165) is 5.56 Å². The van der Waals surface area contributed by atoms with Gasteiger partial charge in [0.15, 0.2) is 5.82 Å². The molecule has 3 heterocycles. The third kappa shape index (κ3) is 2.42. The number of carbonyl (C=O) groups is 1. The molecule has 2 aromatic heterocycles. The van der Waals surface area contributed by atoms with Gasteiger partial charge in [-0.1, -0.05) is 30.3 Å². The number of hydrogen-bond acceptors (Lipinski definition) is 4. The molecule has 5 nitrogen and oxygen atoms in total. The molecule has 0 saturated heterocycles. The minimum Gasteiger partial charge on any atom is -0.319 e. The average molecular weight is 302 g/mol. The zero-order valence-corrected chi connectivity index (χ0v) is 12.3. The lowest BCUT2D eigenvalue weighted by atomic mass is 10.2. The number of nitrogens with one attached hydrogen (secondary N) is 1. The molecule has 0 saturated carbocycles. The van der Waals surface area contributed by atoms with Crippen LogP contribution in [-0.2, 0) is 6.54 Å². The van der Waals surface area contributed by atoms with Crippen molar-refractivity contribution in [2.45, 2.75) is 6.54 Å². The molecule has 1 N–H and O–H groups in total. The first-order valence-corrected chi connectivity index (χ1v) is 7.36. The molecule has 1 aliphatic heterocycles. The van der Waals surface area contributed by atoms with E-state index in [4.69, 9.17) is 0 Å². The minimum absolute atomic E-state index is 0.169. The lowest BCUT2D eigenvalue weighted by Gasteiger charge is -2.23. The van der Waals surface area contributed by atoms with Gasteiger partial charge in [0.2, 0.25) is 0 Å². The molecule has 1 aromatic carbocycles. The summed E-state index contributed by atoms with van der Waals surface area (Å²) in [5.74, 6) is 1.14. The maximum absolute atomic E-state index is 12.5. The highest BCUT2D eigenvalue weighted by atomic mass is 16.1. The molecule has 0 spiro atoms. The predicted octanol–water partition coefficient (Wildman–Crippen LogP) is 3.38. The Morgan fingerprint density at radius 2 is 1.61 bits per heavy atom. The molecule has 3 aromatic rings. The number of amides is 1. The third-order valence-corrected chi connectivity index (χ3v) is 3.76. The van der Waals surface area contributed by atoms with Crippen molar-refractivity contribution in [1.29, 1.82) is 0 Å². The minimum atomic E-state index is -0.169. The molecule has 5 heteroatoms. The number of fused-ring (bicyclic) bond motifs is 2. The van der Waals surface area contributed by atoms with Crippen molar-refractivity contribution in [3.05, 3.63) is 78.1 Å². The fraction of sp³-hybridized carbons (Fsp3) is 0.0556. The summed E-state index contributed by atoms with van der Waals surface area (Å²) in [7, 11) is 0. The van der Waals surface area contributed by atoms with Crippen LogP contribution in [0.4, 0.5) is 17.3 Å². The van der Waals surface area contributed by atoms with Gasteiger partial charge in [0.25, 0.3) is 5.91 Å². The van der Waals surface area contributed by atoms with E-state index in [-0.39, 0.29) is 5.91 Å². The zero-order valence-electron chi connectivity index (χ0n) is 12.3. The Kier molecular flexibility index (Phi) is 3.24. The monoisotopic (exact) mass is 302 g/mol. The SMILES string of the molecule is O=C1Nc2cccnc2N(Cc2ccccc2)c2ncccc21. The molecule has 0 fully saturated rings. The molecule has 23 heavy (non-hydrogen) atoms. The highest BCUT2D eigenvalue weighted by Crippen LogP contribution is 2.35. The van der Waals surface area contributed by atoms with Crippen LogP contribution in [0.25, 0.3) is 0 Å². The summed E-state index contributed by atoms with van der Waals surface area (Å²) < 4.78 is 0. The molecule has 1 aliphatic rings. The van der Waals surface area contributed by atoms with Gasteiger partial charge in [-0.2, -0.15) is 0 Å². The molecule has 0 radical (unpaired) electrons. The van der Waals surface area contributed by atoms with Crippen molar-refractivity contribution >= 4 is 23.2 Å². The molecule has 4 rings (SSSR count). The number of rotatable bonds is 2. The average Bonchev–Trinajstić information content (AvgIpc) is 2.72. The van der Waals surface area contributed by atoms with E-state index in [1.165, 1.54) is 0 Å². The van der Waals surface area contributed by atoms with Crippen molar-refractivity contribution in [2.75, 3.05) is 10.2 Å². The topological polar surface area (TPSA) is 58.1 Å². The van der Waals surface area contributed by atoms with Crippen LogP contribution in [0.5, 0.6) is 0 Å². The molecule has 0 unspecified atom stereocenters. The smallest absolute Gasteiger partial charge is 0.259 e. The van der Waals surface area contributed by atoms with Crippen LogP contribution >= 0.6 is 0 Å². The number of hydrogen-bond donors (Lipinski definition) is 1. The second kappa shape index (κ2) is 5.53. The molecule has 0 atom stereocenters. The van der Waals surface area contributed by atoms with Crippen molar-refractivity contribution in [3.8, 4) is 0 Å². The Morgan fingerprint density at radius 1 is 0.870 bits per heavy atom. The number of pyridine rings is 2. The summed E-state index contributed by atoms with van der Waals surface area (Å²) in [6.45, 7) is 0.587. The van der Waals surface area contributed by atoms with E-state index in [1.807, 2.05) is 47.4 Å². The highest BCUT2D eigenvalue weighted by Gasteiger charge is 2.26. The van der Waals surface area contributed by atoms with Gasteiger partial charge in [0.05, 0.1) is 17.8 Å². The number of aromatic nitrogens is 2. The van der Waals surface area contributed by atoms with Gasteiger partial charge < -0.3 is 10.2 Å². The summed E-state index contributed by atoms with van der Waals surface area (Å²) in [4.78, 5) is 23.3. The largest absolute Gasteiger partial charge is 0.319 e. The van der Waals surface area contributed by atoms with Crippen molar-refractivity contribution in [3.63, 3.8) is 0 Å². The van der Waals surface area contributed by atoms with E-state index < -0.39 is 0 Å². The summed E-state index contributed by atoms with van der Waals surface area (Å²) >= 11 is 0. The van der Waals surface area contributed by atoms with Crippen molar-refractivity contribution < 1.29 is 4.79 Å². The van der Waals surface area contributed by atoms with Crippen LogP contribution in [-0.4, -0.2) is 15.9 Å². The Hall–Kier alpha value is -3.21. The summed E-state index contributed by atoms with van der Waals surface area (Å²) in [6.07, 6.45) is 3.41. The van der Waals surface area contributed by atoms with E-state index in [9.17, 15) is 4.79 Å². The van der Waals surface area contributed by atoms with Gasteiger partial charge in [-0.25, -0.2) is 9.97 Å². The van der Waals surface area contributed by atoms with Crippen LogP contribution in [0, 0.1) is 0 Å². The molecular weight excluding hydrogens is 288 g/mol. The lowest BCUT2D eigenvalue weighted by Crippen LogP contribution is -2.19. The normalized spacial score (nSPS) is 12.9. The predicted molar refractivity (Wildman–Crippen MR) is 88.7 cm³/mol. The summed E-state index contributed by atoms with van der Waals surface area (Å²) in [5, 5.41) is 2.91. The molecule has 1 amide bonds. The van der Waals surface area contributed by atoms with Gasteiger partial charge >= 0.3 is 0 Å². The van der Waals surface area contributed by atoms with Crippen molar-refractivity contribution in [2.24, 2.45) is 0 Å². The van der Waals surface area contributed by atoms with Gasteiger partial charge in [-0.3, -0.25) is 4.79 Å². The van der Waals surface area contributed by atoms with Crippen LogP contribution in [0.3, 0.4) is 0 Å². The fourth-order valence-electron chi connectivity index (χ4n) is 2.70. The number of anilines is 3. The summed E-state index contributed by atoms with van der Waals surface area (Å²) in [6, 6.07) is 17.3. The van der Waals surface area contributed by atoms with Gasteiger partial charge in [-0.15, -0.1) is 0 Å². The molecular formula is C18H14N4O. The van der Waals surface area contributed by atoms with Crippen LogP contribution in [0.15, 0.2) is 67.0 Å². The zero-order chi connectivity index (χ0) is 15.6. The van der Waals surface area contributed by atoms with E-state index in [2.05, 4.69) is 15.3 Å². The highest BCUT2D eigenvalue weighted by molar-refractivity contribution is 6.11. The second-order valence-electron chi connectivity index (χ2n) is 5.28. The van der Waals surface area contributed by atoms with Gasteiger partial charge in [-0.05, 0) is 29.8 Å². The van der Waals surface area contributed by atoms with Crippen LogP contribution in [0.2, 0.25) is 0 Å². The Bertz CT molecular complexity index is 864. The lowest BCUT2D eigenvalue weighted by molar-refractivity contribution is 0.102. The first kappa shape index (κ1) is 13.5. The number of nitrogens with zero attached hydrogens (tertiary/aromatic N) is 3. The summed E-state index contributed by atoms with van der Waals surface area (Å²) in [5.41, 5.74) is 2.35. The number of carbonyl (C=O) groups excluding carboxylic acids is 1. The Morgan fingerprint density at radius 3 is 2.43 bits per heavy atom. The first-order chi connectivity index (χ1) is 11.3. The van der Waals surface area contributed by atoms with E-state index >= 15 is 0 Å².